The standard InChI is InChI=1S/C14H28N2/c1-2-15-11-14-9-6-10-16(14)12-13-7-4-3-5-8-13/h13-15H,2-12H2,1H3. The summed E-state index contributed by atoms with van der Waals surface area (Å²) in [6, 6.07) is 0.835. The maximum absolute atomic E-state index is 3.52. The van der Waals surface area contributed by atoms with Crippen molar-refractivity contribution in [3.8, 4) is 0 Å². The summed E-state index contributed by atoms with van der Waals surface area (Å²) in [4.78, 5) is 2.76. The van der Waals surface area contributed by atoms with Crippen molar-refractivity contribution in [1.82, 2.24) is 10.2 Å². The molecule has 2 fully saturated rings. The molecular weight excluding hydrogens is 196 g/mol. The van der Waals surface area contributed by atoms with E-state index in [0.29, 0.717) is 0 Å². The van der Waals surface area contributed by atoms with Gasteiger partial charge >= 0.3 is 0 Å². The highest BCUT2D eigenvalue weighted by atomic mass is 15.2. The second-order valence-electron chi connectivity index (χ2n) is 5.60. The average Bonchev–Trinajstić information content (AvgIpc) is 2.75. The van der Waals surface area contributed by atoms with E-state index in [1.54, 1.807) is 0 Å². The minimum atomic E-state index is 0.835. The summed E-state index contributed by atoms with van der Waals surface area (Å²) in [5.41, 5.74) is 0. The van der Waals surface area contributed by atoms with Crippen molar-refractivity contribution >= 4 is 0 Å². The Kier molecular flexibility index (Phi) is 5.11. The lowest BCUT2D eigenvalue weighted by molar-refractivity contribution is 0.185. The van der Waals surface area contributed by atoms with Crippen LogP contribution in [0.4, 0.5) is 0 Å². The SMILES string of the molecule is CCNCC1CCCN1CC1CCCCC1. The van der Waals surface area contributed by atoms with E-state index < -0.39 is 0 Å². The summed E-state index contributed by atoms with van der Waals surface area (Å²) in [7, 11) is 0. The van der Waals surface area contributed by atoms with Gasteiger partial charge in [0.15, 0.2) is 0 Å². The highest BCUT2D eigenvalue weighted by molar-refractivity contribution is 4.83. The zero-order valence-corrected chi connectivity index (χ0v) is 10.9. The highest BCUT2D eigenvalue weighted by Gasteiger charge is 2.26. The summed E-state index contributed by atoms with van der Waals surface area (Å²) < 4.78 is 0. The van der Waals surface area contributed by atoms with E-state index in [1.807, 2.05) is 0 Å². The summed E-state index contributed by atoms with van der Waals surface area (Å²) in [6.07, 6.45) is 10.3. The minimum Gasteiger partial charge on any atom is -0.315 e. The number of nitrogens with zero attached hydrogens (tertiary/aromatic N) is 1. The van der Waals surface area contributed by atoms with Crippen molar-refractivity contribution in [3.63, 3.8) is 0 Å². The Balaban J connectivity index is 1.73. The first kappa shape index (κ1) is 12.4. The molecular formula is C14H28N2. The fourth-order valence-corrected chi connectivity index (χ4v) is 3.38. The van der Waals surface area contributed by atoms with Gasteiger partial charge < -0.3 is 5.32 Å². The van der Waals surface area contributed by atoms with Crippen LogP contribution in [0.15, 0.2) is 0 Å². The Labute approximate surface area is 101 Å². The van der Waals surface area contributed by atoms with E-state index >= 15 is 0 Å². The van der Waals surface area contributed by atoms with Crippen LogP contribution < -0.4 is 5.32 Å². The van der Waals surface area contributed by atoms with E-state index in [1.165, 1.54) is 64.6 Å². The van der Waals surface area contributed by atoms with Crippen LogP contribution in [0.2, 0.25) is 0 Å². The normalized spacial score (nSPS) is 28.7. The van der Waals surface area contributed by atoms with E-state index in [4.69, 9.17) is 0 Å². The smallest absolute Gasteiger partial charge is 0.0221 e. The molecule has 2 aliphatic rings. The van der Waals surface area contributed by atoms with Gasteiger partial charge in [0.25, 0.3) is 0 Å². The van der Waals surface area contributed by atoms with E-state index in [9.17, 15) is 0 Å². The van der Waals surface area contributed by atoms with Crippen molar-refractivity contribution in [3.05, 3.63) is 0 Å². The van der Waals surface area contributed by atoms with Crippen LogP contribution in [0.3, 0.4) is 0 Å². The van der Waals surface area contributed by atoms with Crippen molar-refractivity contribution in [2.75, 3.05) is 26.2 Å². The Morgan fingerprint density at radius 1 is 1.06 bits per heavy atom. The van der Waals surface area contributed by atoms with Crippen LogP contribution in [0.25, 0.3) is 0 Å². The molecule has 0 aromatic carbocycles. The second-order valence-corrected chi connectivity index (χ2v) is 5.60. The van der Waals surface area contributed by atoms with Gasteiger partial charge in [0, 0.05) is 19.1 Å². The van der Waals surface area contributed by atoms with Gasteiger partial charge in [-0.25, -0.2) is 0 Å². The van der Waals surface area contributed by atoms with Gasteiger partial charge in [-0.15, -0.1) is 0 Å². The monoisotopic (exact) mass is 224 g/mol. The van der Waals surface area contributed by atoms with Crippen LogP contribution in [0.5, 0.6) is 0 Å². The van der Waals surface area contributed by atoms with Gasteiger partial charge in [-0.1, -0.05) is 26.2 Å². The van der Waals surface area contributed by atoms with Gasteiger partial charge in [-0.05, 0) is 44.7 Å². The van der Waals surface area contributed by atoms with E-state index in [2.05, 4.69) is 17.1 Å². The maximum atomic E-state index is 3.52. The largest absolute Gasteiger partial charge is 0.315 e. The molecule has 0 amide bonds. The number of likely N-dealkylation sites (N-methyl/N-ethyl adjacent to an activating group) is 1. The summed E-state index contributed by atoms with van der Waals surface area (Å²) in [5.74, 6) is 1.01. The summed E-state index contributed by atoms with van der Waals surface area (Å²) in [6.45, 7) is 7.28. The van der Waals surface area contributed by atoms with Crippen LogP contribution in [0, 0.1) is 5.92 Å². The third kappa shape index (κ3) is 3.46. The van der Waals surface area contributed by atoms with Crippen LogP contribution in [-0.4, -0.2) is 37.1 Å². The molecule has 1 saturated carbocycles. The average molecular weight is 224 g/mol. The minimum absolute atomic E-state index is 0.835. The molecule has 0 bridgehead atoms. The van der Waals surface area contributed by atoms with E-state index in [0.717, 1.165) is 18.5 Å². The maximum Gasteiger partial charge on any atom is 0.0221 e. The number of hydrogen-bond donors (Lipinski definition) is 1. The van der Waals surface area contributed by atoms with Crippen molar-refractivity contribution in [2.24, 2.45) is 5.92 Å². The second kappa shape index (κ2) is 6.61. The number of hydrogen-bond acceptors (Lipinski definition) is 2. The molecule has 1 unspecified atom stereocenters. The predicted octanol–water partition coefficient (Wildman–Crippen LogP) is 2.64. The topological polar surface area (TPSA) is 15.3 Å². The number of nitrogens with one attached hydrogen (secondary N) is 1. The molecule has 0 radical (unpaired) electrons. The molecule has 1 aliphatic heterocycles. The Morgan fingerprint density at radius 2 is 1.88 bits per heavy atom. The summed E-state index contributed by atoms with van der Waals surface area (Å²) in [5, 5.41) is 3.52. The zero-order chi connectivity index (χ0) is 11.2. The zero-order valence-electron chi connectivity index (χ0n) is 10.9. The van der Waals surface area contributed by atoms with Gasteiger partial charge in [-0.2, -0.15) is 0 Å². The number of likely N-dealkylation sites (tertiary alicyclic amines) is 1. The molecule has 94 valence electrons. The van der Waals surface area contributed by atoms with Crippen molar-refractivity contribution in [2.45, 2.75) is 57.9 Å². The van der Waals surface area contributed by atoms with Crippen molar-refractivity contribution in [1.29, 1.82) is 0 Å². The van der Waals surface area contributed by atoms with Gasteiger partial charge in [0.2, 0.25) is 0 Å². The number of rotatable bonds is 5. The quantitative estimate of drug-likeness (QED) is 0.772. The lowest BCUT2D eigenvalue weighted by Gasteiger charge is -2.31. The van der Waals surface area contributed by atoms with Gasteiger partial charge in [0.05, 0.1) is 0 Å². The predicted molar refractivity (Wildman–Crippen MR) is 69.7 cm³/mol. The molecule has 16 heavy (non-hydrogen) atoms. The molecule has 2 heteroatoms. The first-order chi connectivity index (χ1) is 7.90. The molecule has 1 atom stereocenters. The fraction of sp³-hybridized carbons (Fsp3) is 1.00. The summed E-state index contributed by atoms with van der Waals surface area (Å²) >= 11 is 0. The van der Waals surface area contributed by atoms with Gasteiger partial charge in [0.1, 0.15) is 0 Å². The molecule has 1 aliphatic carbocycles. The molecule has 1 N–H and O–H groups in total. The van der Waals surface area contributed by atoms with E-state index in [-0.39, 0.29) is 0 Å². The van der Waals surface area contributed by atoms with Crippen LogP contribution in [-0.2, 0) is 0 Å². The van der Waals surface area contributed by atoms with Crippen LogP contribution in [0.1, 0.15) is 51.9 Å². The molecule has 0 spiro atoms. The molecule has 1 heterocycles. The molecule has 2 nitrogen and oxygen atoms in total. The first-order valence-corrected chi connectivity index (χ1v) is 7.35. The highest BCUT2D eigenvalue weighted by Crippen LogP contribution is 2.27. The lowest BCUT2D eigenvalue weighted by Crippen LogP contribution is -2.40. The third-order valence-electron chi connectivity index (χ3n) is 4.35. The Morgan fingerprint density at radius 3 is 2.62 bits per heavy atom. The lowest BCUT2D eigenvalue weighted by atomic mass is 9.89. The van der Waals surface area contributed by atoms with Crippen LogP contribution >= 0.6 is 0 Å². The molecule has 1 saturated heterocycles. The molecule has 0 aromatic heterocycles. The fourth-order valence-electron chi connectivity index (χ4n) is 3.38. The molecule has 2 rings (SSSR count). The first-order valence-electron chi connectivity index (χ1n) is 7.35. The van der Waals surface area contributed by atoms with Gasteiger partial charge in [-0.3, -0.25) is 4.90 Å². The van der Waals surface area contributed by atoms with Crippen molar-refractivity contribution < 1.29 is 0 Å². The Hall–Kier alpha value is -0.0800. The Bertz CT molecular complexity index is 187. The third-order valence-corrected chi connectivity index (χ3v) is 4.35. The molecule has 0 aromatic rings.